The van der Waals surface area contributed by atoms with Crippen LogP contribution in [0.25, 0.3) is 0 Å². The van der Waals surface area contributed by atoms with Crippen LogP contribution in [-0.4, -0.2) is 33.8 Å². The molecule has 5 nitrogen and oxygen atoms in total. The lowest BCUT2D eigenvalue weighted by molar-refractivity contribution is -0.128. The predicted molar refractivity (Wildman–Crippen MR) is 50.8 cm³/mol. The quantitative estimate of drug-likeness (QED) is 0.683. The van der Waals surface area contributed by atoms with Crippen LogP contribution in [0.5, 0.6) is 0 Å². The van der Waals surface area contributed by atoms with E-state index in [2.05, 4.69) is 10.1 Å². The van der Waals surface area contributed by atoms with Gasteiger partial charge in [0.05, 0.1) is 6.42 Å². The van der Waals surface area contributed by atoms with Crippen molar-refractivity contribution in [3.8, 4) is 0 Å². The number of aryl methyl sites for hydroxylation is 1. The van der Waals surface area contributed by atoms with Crippen LogP contribution in [-0.2, 0) is 23.0 Å². The molecule has 1 aromatic heterocycles. The number of carbonyl (C=O) groups excluding carboxylic acids is 1. The molecule has 14 heavy (non-hydrogen) atoms. The van der Waals surface area contributed by atoms with Gasteiger partial charge in [-0.15, -0.1) is 0 Å². The Morgan fingerprint density at radius 1 is 1.71 bits per heavy atom. The largest absolute Gasteiger partial charge is 0.374 e. The Balaban J connectivity index is 2.61. The molecule has 0 N–H and O–H groups in total. The van der Waals surface area contributed by atoms with Gasteiger partial charge in [0.15, 0.2) is 5.78 Å². The van der Waals surface area contributed by atoms with Crippen LogP contribution in [0.4, 0.5) is 0 Å². The number of hydrogen-bond acceptors (Lipinski definition) is 4. The molecular weight excluding hydrogens is 182 g/mol. The molecule has 0 aliphatic rings. The van der Waals surface area contributed by atoms with Gasteiger partial charge in [-0.2, -0.15) is 5.10 Å². The van der Waals surface area contributed by atoms with E-state index < -0.39 is 0 Å². The van der Waals surface area contributed by atoms with Crippen LogP contribution in [0, 0.1) is 0 Å². The van der Waals surface area contributed by atoms with E-state index in [9.17, 15) is 4.79 Å². The number of methoxy groups -OCH3 is 1. The first-order valence-electron chi connectivity index (χ1n) is 4.57. The number of aromatic nitrogens is 3. The van der Waals surface area contributed by atoms with Gasteiger partial charge in [-0.05, 0) is 6.42 Å². The molecule has 0 radical (unpaired) electrons. The van der Waals surface area contributed by atoms with Crippen LogP contribution in [0.2, 0.25) is 0 Å². The minimum absolute atomic E-state index is 0.0473. The summed E-state index contributed by atoms with van der Waals surface area (Å²) < 4.78 is 6.64. The molecule has 0 saturated carbocycles. The Morgan fingerprint density at radius 3 is 2.86 bits per heavy atom. The van der Waals surface area contributed by atoms with E-state index in [4.69, 9.17) is 4.74 Å². The molecule has 0 fully saturated rings. The lowest BCUT2D eigenvalue weighted by Crippen LogP contribution is -2.25. The van der Waals surface area contributed by atoms with E-state index in [0.29, 0.717) is 12.2 Å². The van der Waals surface area contributed by atoms with Gasteiger partial charge < -0.3 is 4.74 Å². The fourth-order valence-electron chi connectivity index (χ4n) is 1.28. The lowest BCUT2D eigenvalue weighted by atomic mass is 10.1. The summed E-state index contributed by atoms with van der Waals surface area (Å²) in [7, 11) is 3.31. The zero-order valence-corrected chi connectivity index (χ0v) is 8.73. The number of carbonyl (C=O) groups is 1. The highest BCUT2D eigenvalue weighted by atomic mass is 16.5. The van der Waals surface area contributed by atoms with Crippen LogP contribution >= 0.6 is 0 Å². The maximum absolute atomic E-state index is 11.6. The monoisotopic (exact) mass is 197 g/mol. The predicted octanol–water partition coefficient (Wildman–Crippen LogP) is 0.352. The standard InChI is InChI=1S/C9H15N3O2/c1-4-8(14-3)7(13)5-9-10-6-11-12(9)2/h6,8H,4-5H2,1-3H3. The summed E-state index contributed by atoms with van der Waals surface area (Å²) in [5.41, 5.74) is 0. The van der Waals surface area contributed by atoms with Crippen molar-refractivity contribution < 1.29 is 9.53 Å². The van der Waals surface area contributed by atoms with Gasteiger partial charge in [-0.25, -0.2) is 4.98 Å². The smallest absolute Gasteiger partial charge is 0.169 e. The molecule has 0 saturated heterocycles. The maximum Gasteiger partial charge on any atom is 0.169 e. The van der Waals surface area contributed by atoms with Crippen LogP contribution in [0.1, 0.15) is 19.2 Å². The lowest BCUT2D eigenvalue weighted by Gasteiger charge is -2.10. The second-order valence-corrected chi connectivity index (χ2v) is 3.08. The van der Waals surface area contributed by atoms with Crippen molar-refractivity contribution >= 4 is 5.78 Å². The molecule has 1 rings (SSSR count). The molecular formula is C9H15N3O2. The Kier molecular flexibility index (Phi) is 3.76. The van der Waals surface area contributed by atoms with Gasteiger partial charge in [-0.1, -0.05) is 6.92 Å². The molecule has 1 atom stereocenters. The summed E-state index contributed by atoms with van der Waals surface area (Å²) in [6, 6.07) is 0. The van der Waals surface area contributed by atoms with Crippen LogP contribution in [0.3, 0.4) is 0 Å². The van der Waals surface area contributed by atoms with Crippen molar-refractivity contribution in [1.29, 1.82) is 0 Å². The first kappa shape index (κ1) is 10.8. The van der Waals surface area contributed by atoms with Crippen LogP contribution in [0.15, 0.2) is 6.33 Å². The zero-order chi connectivity index (χ0) is 10.6. The summed E-state index contributed by atoms with van der Waals surface area (Å²) in [5.74, 6) is 0.719. The molecule has 0 aliphatic carbocycles. The van der Waals surface area contributed by atoms with E-state index in [1.165, 1.54) is 6.33 Å². The minimum Gasteiger partial charge on any atom is -0.374 e. The topological polar surface area (TPSA) is 57.0 Å². The second-order valence-electron chi connectivity index (χ2n) is 3.08. The first-order valence-corrected chi connectivity index (χ1v) is 4.57. The molecule has 78 valence electrons. The molecule has 0 spiro atoms. The molecule has 1 aromatic rings. The highest BCUT2D eigenvalue weighted by Crippen LogP contribution is 2.03. The highest BCUT2D eigenvalue weighted by molar-refractivity contribution is 5.84. The van der Waals surface area contributed by atoms with Crippen molar-refractivity contribution in [1.82, 2.24) is 14.8 Å². The van der Waals surface area contributed by atoms with Gasteiger partial charge in [0.25, 0.3) is 0 Å². The zero-order valence-electron chi connectivity index (χ0n) is 8.73. The minimum atomic E-state index is -0.327. The summed E-state index contributed by atoms with van der Waals surface area (Å²) >= 11 is 0. The number of Topliss-reactive ketones (excluding diaryl/α,β-unsaturated/α-hetero) is 1. The van der Waals surface area contributed by atoms with Crippen molar-refractivity contribution in [3.05, 3.63) is 12.2 Å². The van der Waals surface area contributed by atoms with E-state index in [0.717, 1.165) is 0 Å². The molecule has 1 heterocycles. The number of hydrogen-bond donors (Lipinski definition) is 0. The van der Waals surface area contributed by atoms with Gasteiger partial charge in [0.2, 0.25) is 0 Å². The average molecular weight is 197 g/mol. The fourth-order valence-corrected chi connectivity index (χ4v) is 1.28. The average Bonchev–Trinajstić information content (AvgIpc) is 2.54. The van der Waals surface area contributed by atoms with Crippen molar-refractivity contribution in [3.63, 3.8) is 0 Å². The summed E-state index contributed by atoms with van der Waals surface area (Å²) in [4.78, 5) is 15.6. The molecule has 0 bridgehead atoms. The highest BCUT2D eigenvalue weighted by Gasteiger charge is 2.17. The molecule has 5 heteroatoms. The summed E-state index contributed by atoms with van der Waals surface area (Å²) in [6.07, 6.45) is 2.08. The third-order valence-corrected chi connectivity index (χ3v) is 2.15. The summed E-state index contributed by atoms with van der Waals surface area (Å²) in [5, 5.41) is 3.89. The number of ketones is 1. The van der Waals surface area contributed by atoms with Crippen LogP contribution < -0.4 is 0 Å². The third kappa shape index (κ3) is 2.38. The number of rotatable bonds is 5. The maximum atomic E-state index is 11.6. The normalized spacial score (nSPS) is 12.8. The van der Waals surface area contributed by atoms with E-state index in [1.807, 2.05) is 6.92 Å². The van der Waals surface area contributed by atoms with Gasteiger partial charge >= 0.3 is 0 Å². The van der Waals surface area contributed by atoms with E-state index in [-0.39, 0.29) is 18.3 Å². The summed E-state index contributed by atoms with van der Waals surface area (Å²) in [6.45, 7) is 1.92. The Hall–Kier alpha value is -1.23. The van der Waals surface area contributed by atoms with E-state index in [1.54, 1.807) is 18.8 Å². The number of ether oxygens (including phenoxy) is 1. The van der Waals surface area contributed by atoms with Gasteiger partial charge in [0.1, 0.15) is 18.3 Å². The van der Waals surface area contributed by atoms with Gasteiger partial charge in [0, 0.05) is 14.2 Å². The van der Waals surface area contributed by atoms with Crippen molar-refractivity contribution in [2.75, 3.05) is 7.11 Å². The van der Waals surface area contributed by atoms with Crippen molar-refractivity contribution in [2.45, 2.75) is 25.9 Å². The van der Waals surface area contributed by atoms with Gasteiger partial charge in [-0.3, -0.25) is 9.48 Å². The fraction of sp³-hybridized carbons (Fsp3) is 0.667. The third-order valence-electron chi connectivity index (χ3n) is 2.15. The Morgan fingerprint density at radius 2 is 2.43 bits per heavy atom. The SMILES string of the molecule is CCC(OC)C(=O)Cc1ncnn1C. The van der Waals surface area contributed by atoms with Crippen molar-refractivity contribution in [2.24, 2.45) is 7.05 Å². The molecule has 0 amide bonds. The first-order chi connectivity index (χ1) is 6.69. The Bertz CT molecular complexity index is 305. The Labute approximate surface area is 83.1 Å². The second kappa shape index (κ2) is 4.85. The molecule has 0 aliphatic heterocycles. The molecule has 0 aromatic carbocycles. The van der Waals surface area contributed by atoms with E-state index >= 15 is 0 Å². The number of nitrogens with zero attached hydrogens (tertiary/aromatic N) is 3. The molecule has 1 unspecified atom stereocenters.